The number of aromatic nitrogens is 1. The molecule has 0 aromatic carbocycles. The second kappa shape index (κ2) is 6.61. The van der Waals surface area contributed by atoms with E-state index in [0.29, 0.717) is 12.5 Å². The number of pyridine rings is 1. The number of aliphatic hydroxyl groups excluding tert-OH is 1. The molecule has 1 atom stereocenters. The maximum atomic E-state index is 9.69. The third kappa shape index (κ3) is 4.73. The first-order chi connectivity index (χ1) is 7.59. The molecule has 1 aromatic heterocycles. The van der Waals surface area contributed by atoms with Gasteiger partial charge in [0, 0.05) is 25.5 Å². The van der Waals surface area contributed by atoms with Crippen LogP contribution in [0.2, 0.25) is 0 Å². The van der Waals surface area contributed by atoms with Crippen LogP contribution >= 0.6 is 0 Å². The van der Waals surface area contributed by atoms with Crippen molar-refractivity contribution >= 4 is 0 Å². The highest BCUT2D eigenvalue weighted by Crippen LogP contribution is 2.06. The minimum absolute atomic E-state index is 0.253. The van der Waals surface area contributed by atoms with Crippen molar-refractivity contribution in [2.24, 2.45) is 5.92 Å². The number of rotatable bonds is 6. The quantitative estimate of drug-likeness (QED) is 0.772. The monoisotopic (exact) mass is 222 g/mol. The molecule has 90 valence electrons. The molecular formula is C13H22N2O. The van der Waals surface area contributed by atoms with E-state index in [-0.39, 0.29) is 6.10 Å². The molecule has 2 N–H and O–H groups in total. The Bertz CT molecular complexity index is 313. The molecule has 0 aliphatic rings. The molecule has 0 radical (unpaired) electrons. The average molecular weight is 222 g/mol. The van der Waals surface area contributed by atoms with Gasteiger partial charge in [0.2, 0.25) is 0 Å². The molecule has 0 aliphatic carbocycles. The molecule has 3 heteroatoms. The van der Waals surface area contributed by atoms with Gasteiger partial charge in [-0.25, -0.2) is 0 Å². The summed E-state index contributed by atoms with van der Waals surface area (Å²) in [6.07, 6.45) is 4.26. The fourth-order valence-electron chi connectivity index (χ4n) is 1.68. The smallest absolute Gasteiger partial charge is 0.0667 e. The lowest BCUT2D eigenvalue weighted by Crippen LogP contribution is -2.27. The first-order valence-electron chi connectivity index (χ1n) is 5.88. The minimum atomic E-state index is -0.253. The molecule has 0 saturated carbocycles. The van der Waals surface area contributed by atoms with Crippen molar-refractivity contribution in [1.82, 2.24) is 10.3 Å². The fourth-order valence-corrected chi connectivity index (χ4v) is 1.68. The summed E-state index contributed by atoms with van der Waals surface area (Å²) in [7, 11) is 0. The van der Waals surface area contributed by atoms with E-state index in [1.807, 2.05) is 12.3 Å². The summed E-state index contributed by atoms with van der Waals surface area (Å²) in [5, 5.41) is 12.9. The van der Waals surface area contributed by atoms with Crippen LogP contribution in [0.25, 0.3) is 0 Å². The van der Waals surface area contributed by atoms with Gasteiger partial charge in [-0.1, -0.05) is 13.8 Å². The molecule has 0 aliphatic heterocycles. The van der Waals surface area contributed by atoms with Gasteiger partial charge in [-0.15, -0.1) is 0 Å². The van der Waals surface area contributed by atoms with E-state index in [4.69, 9.17) is 0 Å². The maximum Gasteiger partial charge on any atom is 0.0667 e. The van der Waals surface area contributed by atoms with E-state index in [9.17, 15) is 5.11 Å². The maximum absolute atomic E-state index is 9.69. The molecule has 1 rings (SSSR count). The second-order valence-corrected chi connectivity index (χ2v) is 4.72. The molecule has 0 amide bonds. The van der Waals surface area contributed by atoms with E-state index in [2.05, 4.69) is 31.1 Å². The Hall–Kier alpha value is -0.930. The lowest BCUT2D eigenvalue weighted by molar-refractivity contribution is 0.146. The first kappa shape index (κ1) is 13.1. The predicted octanol–water partition coefficient (Wildman–Crippen LogP) is 1.89. The summed E-state index contributed by atoms with van der Waals surface area (Å²) in [6.45, 7) is 7.73. The number of nitrogens with zero attached hydrogens (tertiary/aromatic N) is 1. The van der Waals surface area contributed by atoms with E-state index < -0.39 is 0 Å². The van der Waals surface area contributed by atoms with Crippen molar-refractivity contribution in [3.63, 3.8) is 0 Å². The normalized spacial score (nSPS) is 13.1. The first-order valence-corrected chi connectivity index (χ1v) is 5.88. The fraction of sp³-hybridized carbons (Fsp3) is 0.615. The summed E-state index contributed by atoms with van der Waals surface area (Å²) in [5.74, 6) is 0.539. The molecule has 3 nitrogen and oxygen atoms in total. The summed E-state index contributed by atoms with van der Waals surface area (Å²) < 4.78 is 0. The number of hydrogen-bond acceptors (Lipinski definition) is 3. The number of nitrogens with one attached hydrogen (secondary N) is 1. The van der Waals surface area contributed by atoms with Crippen LogP contribution in [0.4, 0.5) is 0 Å². The summed E-state index contributed by atoms with van der Waals surface area (Å²) in [5.41, 5.74) is 2.43. The van der Waals surface area contributed by atoms with E-state index in [1.54, 1.807) is 6.20 Å². The molecule has 0 fully saturated rings. The average Bonchev–Trinajstić information content (AvgIpc) is 2.19. The van der Waals surface area contributed by atoms with Crippen LogP contribution in [0, 0.1) is 12.8 Å². The molecule has 1 unspecified atom stereocenters. The van der Waals surface area contributed by atoms with E-state index in [1.165, 1.54) is 11.1 Å². The molecular weight excluding hydrogens is 200 g/mol. The SMILES string of the molecule is Cc1ccncc1CNCC(O)CC(C)C. The zero-order valence-electron chi connectivity index (χ0n) is 10.4. The van der Waals surface area contributed by atoms with Crippen LogP contribution < -0.4 is 5.32 Å². The van der Waals surface area contributed by atoms with Crippen molar-refractivity contribution in [2.75, 3.05) is 6.54 Å². The van der Waals surface area contributed by atoms with Crippen LogP contribution in [0.5, 0.6) is 0 Å². The zero-order chi connectivity index (χ0) is 12.0. The highest BCUT2D eigenvalue weighted by atomic mass is 16.3. The molecule has 0 saturated heterocycles. The van der Waals surface area contributed by atoms with Crippen molar-refractivity contribution in [3.05, 3.63) is 29.6 Å². The lowest BCUT2D eigenvalue weighted by Gasteiger charge is -2.14. The lowest BCUT2D eigenvalue weighted by atomic mass is 10.1. The summed E-state index contributed by atoms with van der Waals surface area (Å²) >= 11 is 0. The highest BCUT2D eigenvalue weighted by Gasteiger charge is 2.06. The van der Waals surface area contributed by atoms with Crippen molar-refractivity contribution < 1.29 is 5.11 Å². The van der Waals surface area contributed by atoms with Crippen molar-refractivity contribution in [1.29, 1.82) is 0 Å². The Morgan fingerprint density at radius 2 is 2.19 bits per heavy atom. The Balaban J connectivity index is 2.28. The topological polar surface area (TPSA) is 45.2 Å². The van der Waals surface area contributed by atoms with Gasteiger partial charge < -0.3 is 10.4 Å². The predicted molar refractivity (Wildman–Crippen MR) is 66.1 cm³/mol. The number of aliphatic hydroxyl groups is 1. The molecule has 0 spiro atoms. The van der Waals surface area contributed by atoms with Crippen LogP contribution in [0.1, 0.15) is 31.4 Å². The van der Waals surface area contributed by atoms with Gasteiger partial charge in [0.25, 0.3) is 0 Å². The number of aryl methyl sites for hydroxylation is 1. The molecule has 1 heterocycles. The van der Waals surface area contributed by atoms with Crippen molar-refractivity contribution in [2.45, 2.75) is 39.8 Å². The van der Waals surface area contributed by atoms with Crippen LogP contribution in [-0.4, -0.2) is 22.7 Å². The second-order valence-electron chi connectivity index (χ2n) is 4.72. The van der Waals surface area contributed by atoms with Crippen LogP contribution in [0.15, 0.2) is 18.5 Å². The van der Waals surface area contributed by atoms with E-state index >= 15 is 0 Å². The number of hydrogen-bond donors (Lipinski definition) is 2. The van der Waals surface area contributed by atoms with E-state index in [0.717, 1.165) is 13.0 Å². The minimum Gasteiger partial charge on any atom is -0.392 e. The van der Waals surface area contributed by atoms with Crippen LogP contribution in [0.3, 0.4) is 0 Å². The van der Waals surface area contributed by atoms with Crippen molar-refractivity contribution in [3.8, 4) is 0 Å². The van der Waals surface area contributed by atoms with Gasteiger partial charge in [0.1, 0.15) is 0 Å². The Kier molecular flexibility index (Phi) is 5.43. The van der Waals surface area contributed by atoms with Gasteiger partial charge in [0.15, 0.2) is 0 Å². The third-order valence-electron chi connectivity index (χ3n) is 2.59. The highest BCUT2D eigenvalue weighted by molar-refractivity contribution is 5.20. The standard InChI is InChI=1S/C13H22N2O/c1-10(2)6-13(16)9-15-8-12-7-14-5-4-11(12)3/h4-5,7,10,13,15-16H,6,8-9H2,1-3H3. The largest absolute Gasteiger partial charge is 0.392 e. The van der Waals surface area contributed by atoms with Gasteiger partial charge in [-0.05, 0) is 36.5 Å². The van der Waals surface area contributed by atoms with Gasteiger partial charge in [-0.3, -0.25) is 4.98 Å². The molecule has 1 aromatic rings. The Morgan fingerprint density at radius 1 is 1.44 bits per heavy atom. The van der Waals surface area contributed by atoms with Gasteiger partial charge >= 0.3 is 0 Å². The summed E-state index contributed by atoms with van der Waals surface area (Å²) in [6, 6.07) is 2.00. The Morgan fingerprint density at radius 3 is 2.81 bits per heavy atom. The molecule has 0 bridgehead atoms. The third-order valence-corrected chi connectivity index (χ3v) is 2.59. The Labute approximate surface area is 97.9 Å². The van der Waals surface area contributed by atoms with Crippen LogP contribution in [-0.2, 0) is 6.54 Å². The van der Waals surface area contributed by atoms with Gasteiger partial charge in [0.05, 0.1) is 6.10 Å². The van der Waals surface area contributed by atoms with Gasteiger partial charge in [-0.2, -0.15) is 0 Å². The molecule has 16 heavy (non-hydrogen) atoms. The zero-order valence-corrected chi connectivity index (χ0v) is 10.4. The summed E-state index contributed by atoms with van der Waals surface area (Å²) in [4.78, 5) is 4.09.